The summed E-state index contributed by atoms with van der Waals surface area (Å²) >= 11 is 0. The van der Waals surface area contributed by atoms with Gasteiger partial charge < -0.3 is 0 Å². The van der Waals surface area contributed by atoms with Gasteiger partial charge in [-0.25, -0.2) is 0 Å². The first-order valence-corrected chi connectivity index (χ1v) is 11.9. The van der Waals surface area contributed by atoms with Gasteiger partial charge in [-0.2, -0.15) is 0 Å². The Balaban J connectivity index is 1.98. The lowest BCUT2D eigenvalue weighted by Crippen LogP contribution is -2.41. The maximum Gasteiger partial charge on any atom is 0.0839 e. The van der Waals surface area contributed by atoms with Crippen molar-refractivity contribution in [1.82, 2.24) is 4.98 Å². The fraction of sp³-hybridized carbons (Fsp3) is 0.476. The van der Waals surface area contributed by atoms with Crippen molar-refractivity contribution in [2.75, 3.05) is 0 Å². The predicted octanol–water partition coefficient (Wildman–Crippen LogP) is 4.88. The van der Waals surface area contributed by atoms with E-state index in [-0.39, 0.29) is 42.0 Å². The van der Waals surface area contributed by atoms with E-state index < -0.39 is 14.4 Å². The summed E-state index contributed by atoms with van der Waals surface area (Å²) in [6.45, 7) is 6.15. The number of pyridine rings is 1. The summed E-state index contributed by atoms with van der Waals surface area (Å²) in [7, 11) is -2.19. The molecule has 0 amide bonds. The number of hydrogen-bond acceptors (Lipinski definition) is 1. The molecule has 5 rings (SSSR count). The molecule has 0 saturated heterocycles. The van der Waals surface area contributed by atoms with Crippen LogP contribution >= 0.6 is 0 Å². The van der Waals surface area contributed by atoms with Gasteiger partial charge in [-0.05, 0) is 60.2 Å². The minimum atomic E-state index is -2.19. The molecule has 3 fully saturated rings. The fourth-order valence-electron chi connectivity index (χ4n) is 3.83. The molecule has 2 heteroatoms. The molecule has 120 valence electrons. The number of aromatic nitrogens is 1. The highest BCUT2D eigenvalue weighted by molar-refractivity contribution is 6.89. The van der Waals surface area contributed by atoms with Crippen molar-refractivity contribution in [3.63, 3.8) is 0 Å². The van der Waals surface area contributed by atoms with E-state index in [1.807, 2.05) is 19.6 Å². The van der Waals surface area contributed by atoms with E-state index in [1.165, 1.54) is 12.1 Å². The highest BCUT2D eigenvalue weighted by Crippen LogP contribution is 2.53. The Morgan fingerprint density at radius 3 is 2.52 bits per heavy atom. The van der Waals surface area contributed by atoms with Crippen molar-refractivity contribution in [2.24, 2.45) is 17.8 Å². The molecule has 1 heterocycles. The van der Waals surface area contributed by atoms with Gasteiger partial charge >= 0.3 is 0 Å². The van der Waals surface area contributed by atoms with Crippen LogP contribution in [0.1, 0.15) is 34.4 Å². The third kappa shape index (κ3) is 2.89. The molecule has 1 atom stereocenters. The summed E-state index contributed by atoms with van der Waals surface area (Å²) in [5.74, 6) is 0.773. The second-order valence-electron chi connectivity index (χ2n) is 7.94. The standard InChI is InChI=1S/C21H27NSi/c1-23(2,3)21-14-22-20(16-7-5-4-6-8-16)13-19(21)12-18-11-15-9-17(18)10-15/h4-8,13-15,17-18H,9-12H2,1-3H3/i4D,5D,6D,12D2,13D,14D. The van der Waals surface area contributed by atoms with E-state index in [4.69, 9.17) is 9.60 Å². The zero-order chi connectivity index (χ0) is 22.2. The molecule has 0 spiro atoms. The average Bonchev–Trinajstić information content (AvgIpc) is 3.21. The number of fused-ring (bicyclic) bond motifs is 1. The molecule has 0 radical (unpaired) electrons. The number of hydrogen-bond donors (Lipinski definition) is 0. The zero-order valence-corrected chi connectivity index (χ0v) is 15.0. The van der Waals surface area contributed by atoms with Crippen molar-refractivity contribution in [3.05, 3.63) is 48.0 Å². The van der Waals surface area contributed by atoms with Crippen LogP contribution in [0.5, 0.6) is 0 Å². The van der Waals surface area contributed by atoms with Crippen molar-refractivity contribution >= 4 is 13.3 Å². The van der Waals surface area contributed by atoms with Crippen molar-refractivity contribution in [1.29, 1.82) is 0 Å². The van der Waals surface area contributed by atoms with E-state index in [0.717, 1.165) is 19.3 Å². The van der Waals surface area contributed by atoms with E-state index in [9.17, 15) is 0 Å². The molecule has 1 aromatic heterocycles. The Morgan fingerprint density at radius 2 is 1.91 bits per heavy atom. The highest BCUT2D eigenvalue weighted by atomic mass is 28.3. The van der Waals surface area contributed by atoms with Crippen LogP contribution in [-0.4, -0.2) is 13.1 Å². The molecular formula is C21H27NSi. The third-order valence-corrected chi connectivity index (χ3v) is 7.02. The minimum Gasteiger partial charge on any atom is -0.256 e. The number of benzene rings is 1. The summed E-state index contributed by atoms with van der Waals surface area (Å²) in [4.78, 5) is 4.37. The smallest absolute Gasteiger partial charge is 0.0839 e. The van der Waals surface area contributed by atoms with Crippen LogP contribution in [0.2, 0.25) is 19.6 Å². The second-order valence-corrected chi connectivity index (χ2v) is 12.9. The maximum atomic E-state index is 9.11. The van der Waals surface area contributed by atoms with Gasteiger partial charge in [-0.15, -0.1) is 0 Å². The summed E-state index contributed by atoms with van der Waals surface area (Å²) in [6, 6.07) is 2.27. The Bertz CT molecular complexity index is 1000. The van der Waals surface area contributed by atoms with Crippen molar-refractivity contribution in [3.8, 4) is 11.3 Å². The quantitative estimate of drug-likeness (QED) is 0.729. The van der Waals surface area contributed by atoms with Crippen LogP contribution < -0.4 is 5.19 Å². The van der Waals surface area contributed by atoms with E-state index in [0.29, 0.717) is 28.1 Å². The van der Waals surface area contributed by atoms with Gasteiger partial charge in [-0.3, -0.25) is 4.98 Å². The molecule has 23 heavy (non-hydrogen) atoms. The Morgan fingerprint density at radius 1 is 1.17 bits per heavy atom. The maximum absolute atomic E-state index is 9.11. The first-order chi connectivity index (χ1) is 13.8. The molecule has 2 bridgehead atoms. The van der Waals surface area contributed by atoms with Gasteiger partial charge in [0.2, 0.25) is 0 Å². The van der Waals surface area contributed by atoms with Crippen LogP contribution in [0.4, 0.5) is 0 Å². The van der Waals surface area contributed by atoms with E-state index in [1.54, 1.807) is 0 Å². The zero-order valence-electron chi connectivity index (χ0n) is 21.0. The molecular weight excluding hydrogens is 294 g/mol. The summed E-state index contributed by atoms with van der Waals surface area (Å²) in [6.07, 6.45) is 1.22. The molecule has 1 unspecified atom stereocenters. The molecule has 2 aromatic rings. The normalized spacial score (nSPS) is 31.1. The first-order valence-electron chi connectivity index (χ1n) is 11.9. The summed E-state index contributed by atoms with van der Waals surface area (Å²) in [5, 5.41) is 0.597. The van der Waals surface area contributed by atoms with Crippen LogP contribution in [0, 0.1) is 17.8 Å². The monoisotopic (exact) mass is 328 g/mol. The molecule has 1 nitrogen and oxygen atoms in total. The van der Waals surface area contributed by atoms with Crippen molar-refractivity contribution < 1.29 is 9.60 Å². The lowest BCUT2D eigenvalue weighted by molar-refractivity contribution is 0.274. The van der Waals surface area contributed by atoms with E-state index in [2.05, 4.69) is 4.98 Å². The molecule has 3 aliphatic carbocycles. The first kappa shape index (κ1) is 9.17. The highest BCUT2D eigenvalue weighted by Gasteiger charge is 2.44. The van der Waals surface area contributed by atoms with Crippen LogP contribution in [0.3, 0.4) is 0 Å². The Labute approximate surface area is 151 Å². The minimum absolute atomic E-state index is 0.00241. The lowest BCUT2D eigenvalue weighted by atomic mass is 9.81. The Hall–Kier alpha value is -1.41. The van der Waals surface area contributed by atoms with E-state index >= 15 is 0 Å². The van der Waals surface area contributed by atoms with Gasteiger partial charge in [0.25, 0.3) is 0 Å². The van der Waals surface area contributed by atoms with Gasteiger partial charge in [-0.1, -0.05) is 49.9 Å². The van der Waals surface area contributed by atoms with Crippen LogP contribution in [0.15, 0.2) is 42.5 Å². The molecule has 0 N–H and O–H groups in total. The Kier molecular flexibility index (Phi) is 2.23. The van der Waals surface area contributed by atoms with Gasteiger partial charge in [0, 0.05) is 14.5 Å². The second kappa shape index (κ2) is 5.59. The average molecular weight is 329 g/mol. The van der Waals surface area contributed by atoms with Gasteiger partial charge in [0.1, 0.15) is 0 Å². The molecule has 3 aliphatic rings. The largest absolute Gasteiger partial charge is 0.256 e. The van der Waals surface area contributed by atoms with Gasteiger partial charge in [0.05, 0.1) is 20.6 Å². The fourth-order valence-corrected chi connectivity index (χ4v) is 5.11. The van der Waals surface area contributed by atoms with Crippen LogP contribution in [-0.2, 0) is 6.37 Å². The summed E-state index contributed by atoms with van der Waals surface area (Å²) in [5.41, 5.74) is 0.754. The number of rotatable bonds is 4. The van der Waals surface area contributed by atoms with Crippen LogP contribution in [0.25, 0.3) is 11.3 Å². The number of nitrogens with zero attached hydrogens (tertiary/aromatic N) is 1. The molecule has 0 aliphatic heterocycles. The predicted molar refractivity (Wildman–Crippen MR) is 101 cm³/mol. The topological polar surface area (TPSA) is 12.9 Å². The summed E-state index contributed by atoms with van der Waals surface area (Å²) < 4.78 is 59.5. The SMILES string of the molecule is [2H]c1cc(-c2nc([2H])c([Si](C)(C)C)c(C([2H])([2H])C3CC4CC3C4)c2[2H])cc([2H])c1[2H]. The third-order valence-electron chi connectivity index (χ3n) is 5.15. The molecule has 3 saturated carbocycles. The van der Waals surface area contributed by atoms with Crippen molar-refractivity contribution in [2.45, 2.75) is 45.3 Å². The van der Waals surface area contributed by atoms with Gasteiger partial charge in [0.15, 0.2) is 0 Å². The molecule has 1 aromatic carbocycles. The lowest BCUT2D eigenvalue weighted by Gasteiger charge is -2.26.